The Morgan fingerprint density at radius 2 is 1.96 bits per heavy atom. The fourth-order valence-electron chi connectivity index (χ4n) is 2.27. The van der Waals surface area contributed by atoms with Gasteiger partial charge in [-0.15, -0.1) is 0 Å². The van der Waals surface area contributed by atoms with Crippen molar-refractivity contribution in [2.75, 3.05) is 50.8 Å². The maximum absolute atomic E-state index is 12.1. The van der Waals surface area contributed by atoms with Crippen molar-refractivity contribution in [3.05, 3.63) is 46.5 Å². The molecule has 0 aliphatic heterocycles. The van der Waals surface area contributed by atoms with Crippen LogP contribution in [0.25, 0.3) is 0 Å². The van der Waals surface area contributed by atoms with Crippen LogP contribution in [0, 0.1) is 10.1 Å². The van der Waals surface area contributed by atoms with Gasteiger partial charge in [0.1, 0.15) is 6.33 Å². The molecule has 1 amide bonds. The lowest BCUT2D eigenvalue weighted by atomic mass is 10.3. The molecule has 2 rings (SSSR count). The summed E-state index contributed by atoms with van der Waals surface area (Å²) in [5.41, 5.74) is 4.77. The molecule has 28 heavy (non-hydrogen) atoms. The van der Waals surface area contributed by atoms with E-state index in [2.05, 4.69) is 25.8 Å². The third kappa shape index (κ3) is 5.56. The van der Waals surface area contributed by atoms with Crippen LogP contribution in [0.4, 0.5) is 17.3 Å². The van der Waals surface area contributed by atoms with Crippen molar-refractivity contribution in [1.82, 2.24) is 20.4 Å². The van der Waals surface area contributed by atoms with Gasteiger partial charge < -0.3 is 14.4 Å². The fraction of sp³-hybridized carbons (Fsp3) is 0.375. The molecule has 0 aliphatic carbocycles. The molecule has 2 heterocycles. The molecule has 2 N–H and O–H groups in total. The third-order valence-corrected chi connectivity index (χ3v) is 3.63. The Hall–Kier alpha value is -3.38. The average Bonchev–Trinajstić information content (AvgIpc) is 2.72. The molecule has 0 spiro atoms. The Kier molecular flexibility index (Phi) is 7.99. The lowest BCUT2D eigenvalue weighted by Crippen LogP contribution is -2.33. The Morgan fingerprint density at radius 1 is 1.25 bits per heavy atom. The number of hydrazine groups is 1. The number of hydrogen-bond donors (Lipinski definition) is 2. The SMILES string of the molecule is COCCN(CCOC)c1ncnc(NNC(=O)c2cccnc2)c1[N+](=O)[O-]. The number of aromatic nitrogens is 3. The maximum atomic E-state index is 12.1. The van der Waals surface area contributed by atoms with Crippen LogP contribution in [0.15, 0.2) is 30.9 Å². The number of nitro groups is 1. The summed E-state index contributed by atoms with van der Waals surface area (Å²) in [6.07, 6.45) is 4.07. The molecule has 2 aromatic rings. The van der Waals surface area contributed by atoms with E-state index in [0.717, 1.165) is 0 Å². The second-order valence-electron chi connectivity index (χ2n) is 5.45. The lowest BCUT2D eigenvalue weighted by molar-refractivity contribution is -0.383. The van der Waals surface area contributed by atoms with Gasteiger partial charge in [-0.05, 0) is 12.1 Å². The van der Waals surface area contributed by atoms with Crippen LogP contribution in [0.3, 0.4) is 0 Å². The molecule has 0 saturated heterocycles. The molecule has 2 aromatic heterocycles. The zero-order chi connectivity index (χ0) is 20.4. The van der Waals surface area contributed by atoms with Crippen LogP contribution in [0.1, 0.15) is 10.4 Å². The molecular weight excluding hydrogens is 370 g/mol. The van der Waals surface area contributed by atoms with E-state index in [1.54, 1.807) is 17.0 Å². The van der Waals surface area contributed by atoms with Gasteiger partial charge in [-0.2, -0.15) is 0 Å². The lowest BCUT2D eigenvalue weighted by Gasteiger charge is -2.23. The third-order valence-electron chi connectivity index (χ3n) is 3.63. The Bertz CT molecular complexity index is 782. The van der Waals surface area contributed by atoms with E-state index in [4.69, 9.17) is 9.47 Å². The largest absolute Gasteiger partial charge is 0.383 e. The molecule has 0 aromatic carbocycles. The molecule has 0 saturated carbocycles. The molecular formula is C16H21N7O5. The minimum Gasteiger partial charge on any atom is -0.383 e. The van der Waals surface area contributed by atoms with Crippen molar-refractivity contribution in [2.24, 2.45) is 0 Å². The second-order valence-corrected chi connectivity index (χ2v) is 5.45. The molecule has 12 nitrogen and oxygen atoms in total. The molecule has 0 fully saturated rings. The molecule has 12 heteroatoms. The highest BCUT2D eigenvalue weighted by Crippen LogP contribution is 2.31. The fourth-order valence-corrected chi connectivity index (χ4v) is 2.27. The number of amides is 1. The molecule has 0 bridgehead atoms. The highest BCUT2D eigenvalue weighted by molar-refractivity contribution is 5.94. The monoisotopic (exact) mass is 391 g/mol. The minimum absolute atomic E-state index is 0.0900. The second kappa shape index (κ2) is 10.7. The number of ether oxygens (including phenoxy) is 2. The highest BCUT2D eigenvalue weighted by Gasteiger charge is 2.27. The van der Waals surface area contributed by atoms with Crippen molar-refractivity contribution in [2.45, 2.75) is 0 Å². The smallest absolute Gasteiger partial charge is 0.355 e. The van der Waals surface area contributed by atoms with Crippen LogP contribution in [0.2, 0.25) is 0 Å². The van der Waals surface area contributed by atoms with Crippen molar-refractivity contribution >= 4 is 23.2 Å². The van der Waals surface area contributed by atoms with Gasteiger partial charge in [0.05, 0.1) is 23.7 Å². The summed E-state index contributed by atoms with van der Waals surface area (Å²) in [4.78, 5) is 36.6. The molecule has 0 radical (unpaired) electrons. The van der Waals surface area contributed by atoms with Gasteiger partial charge in [0, 0.05) is 39.7 Å². The van der Waals surface area contributed by atoms with Gasteiger partial charge in [-0.25, -0.2) is 9.97 Å². The molecule has 150 valence electrons. The van der Waals surface area contributed by atoms with Gasteiger partial charge in [0.2, 0.25) is 11.6 Å². The van der Waals surface area contributed by atoms with E-state index in [9.17, 15) is 14.9 Å². The topological polar surface area (TPSA) is 145 Å². The number of carbonyl (C=O) groups excluding carboxylic acids is 1. The van der Waals surface area contributed by atoms with Crippen molar-refractivity contribution in [1.29, 1.82) is 0 Å². The first-order valence-electron chi connectivity index (χ1n) is 8.27. The normalized spacial score (nSPS) is 10.4. The number of methoxy groups -OCH3 is 2. The Labute approximate surface area is 161 Å². The van der Waals surface area contributed by atoms with E-state index in [0.29, 0.717) is 26.3 Å². The van der Waals surface area contributed by atoms with Gasteiger partial charge in [0.25, 0.3) is 5.91 Å². The zero-order valence-electron chi connectivity index (χ0n) is 15.5. The van der Waals surface area contributed by atoms with Crippen LogP contribution in [0.5, 0.6) is 0 Å². The standard InChI is InChI=1S/C16H21N7O5/c1-27-8-6-22(7-9-28-2)15-13(23(25)26)14(18-11-19-15)20-21-16(24)12-4-3-5-17-10-12/h3-5,10-11H,6-9H2,1-2H3,(H,21,24)(H,18,19,20). The number of rotatable bonds is 11. The van der Waals surface area contributed by atoms with Crippen molar-refractivity contribution in [3.8, 4) is 0 Å². The summed E-state index contributed by atoms with van der Waals surface area (Å²) >= 11 is 0. The average molecular weight is 391 g/mol. The van der Waals surface area contributed by atoms with Crippen molar-refractivity contribution in [3.63, 3.8) is 0 Å². The summed E-state index contributed by atoms with van der Waals surface area (Å²) in [5, 5.41) is 11.7. The summed E-state index contributed by atoms with van der Waals surface area (Å²) in [6, 6.07) is 3.16. The van der Waals surface area contributed by atoms with Crippen molar-refractivity contribution < 1.29 is 19.2 Å². The number of nitrogens with zero attached hydrogens (tertiary/aromatic N) is 5. The van der Waals surface area contributed by atoms with Crippen LogP contribution >= 0.6 is 0 Å². The van der Waals surface area contributed by atoms with E-state index < -0.39 is 10.8 Å². The Balaban J connectivity index is 2.25. The van der Waals surface area contributed by atoms with E-state index in [1.807, 2.05) is 0 Å². The summed E-state index contributed by atoms with van der Waals surface area (Å²) in [5.74, 6) is -0.572. The molecule has 0 atom stereocenters. The first-order valence-corrected chi connectivity index (χ1v) is 8.27. The predicted molar refractivity (Wildman–Crippen MR) is 100.0 cm³/mol. The number of nitrogens with one attached hydrogen (secondary N) is 2. The number of pyridine rings is 1. The first-order chi connectivity index (χ1) is 13.6. The Morgan fingerprint density at radius 3 is 2.54 bits per heavy atom. The highest BCUT2D eigenvalue weighted by atomic mass is 16.6. The number of hydrogen-bond acceptors (Lipinski definition) is 10. The number of anilines is 2. The quantitative estimate of drug-likeness (QED) is 0.413. The zero-order valence-corrected chi connectivity index (χ0v) is 15.5. The van der Waals surface area contributed by atoms with E-state index >= 15 is 0 Å². The summed E-state index contributed by atoms with van der Waals surface area (Å²) < 4.78 is 10.1. The van der Waals surface area contributed by atoms with Crippen LogP contribution < -0.4 is 15.8 Å². The van der Waals surface area contributed by atoms with E-state index in [1.165, 1.54) is 32.9 Å². The number of carbonyl (C=O) groups is 1. The van der Waals surface area contributed by atoms with Crippen LogP contribution in [-0.2, 0) is 9.47 Å². The van der Waals surface area contributed by atoms with Gasteiger partial charge >= 0.3 is 5.69 Å². The molecule has 0 unspecified atom stereocenters. The van der Waals surface area contributed by atoms with Gasteiger partial charge in [0.15, 0.2) is 0 Å². The first kappa shape index (κ1) is 20.9. The minimum atomic E-state index is -0.611. The predicted octanol–water partition coefficient (Wildman–Crippen LogP) is 0.636. The van der Waals surface area contributed by atoms with Gasteiger partial charge in [-0.1, -0.05) is 0 Å². The summed E-state index contributed by atoms with van der Waals surface area (Å²) in [7, 11) is 3.06. The molecule has 0 aliphatic rings. The van der Waals surface area contributed by atoms with Crippen LogP contribution in [-0.4, -0.2) is 66.3 Å². The van der Waals surface area contributed by atoms with Gasteiger partial charge in [-0.3, -0.25) is 30.7 Å². The van der Waals surface area contributed by atoms with E-state index in [-0.39, 0.29) is 22.9 Å². The summed E-state index contributed by atoms with van der Waals surface area (Å²) in [6.45, 7) is 1.40. The maximum Gasteiger partial charge on any atom is 0.355 e.